The van der Waals surface area contributed by atoms with Crippen LogP contribution in [0.25, 0.3) is 10.2 Å². The van der Waals surface area contributed by atoms with Crippen LogP contribution in [0.5, 0.6) is 5.75 Å². The van der Waals surface area contributed by atoms with Crippen LogP contribution >= 0.6 is 27.3 Å². The quantitative estimate of drug-likeness (QED) is 0.524. The number of thiazole rings is 1. The van der Waals surface area contributed by atoms with Crippen molar-refractivity contribution in [3.63, 3.8) is 0 Å². The van der Waals surface area contributed by atoms with Crippen LogP contribution in [-0.2, 0) is 11.4 Å². The van der Waals surface area contributed by atoms with Gasteiger partial charge >= 0.3 is 0 Å². The van der Waals surface area contributed by atoms with E-state index in [4.69, 9.17) is 4.74 Å². The van der Waals surface area contributed by atoms with E-state index in [2.05, 4.69) is 33.2 Å². The molecule has 3 aromatic rings. The Balaban J connectivity index is 1.67. The smallest absolute Gasteiger partial charge is 0.239 e. The number of fused-ring (bicyclic) bond motifs is 1. The lowest BCUT2D eigenvalue weighted by Gasteiger charge is -2.06. The molecule has 6 heteroatoms. The molecular formula is C19H19BrN2O2S. The minimum absolute atomic E-state index is 0.0542. The van der Waals surface area contributed by atoms with E-state index in [0.29, 0.717) is 11.7 Å². The van der Waals surface area contributed by atoms with Crippen LogP contribution in [-0.4, -0.2) is 15.7 Å². The van der Waals surface area contributed by atoms with Crippen molar-refractivity contribution >= 4 is 48.5 Å². The molecule has 0 spiro atoms. The molecule has 0 aliphatic heterocycles. The number of carbonyl (C=O) groups is 1. The standard InChI is InChI=1S/C19H19BrN2O2S/c1-2-6-15(20)18(23)22-19-21-16-10-9-14(11-17(16)25-19)24-12-13-7-4-3-5-8-13/h3-5,7-11,15H,2,6,12H2,1H3,(H,21,22,23). The van der Waals surface area contributed by atoms with E-state index in [1.54, 1.807) is 0 Å². The van der Waals surface area contributed by atoms with Crippen molar-refractivity contribution < 1.29 is 9.53 Å². The Bertz CT molecular complexity index is 851. The molecule has 3 rings (SSSR count). The Hall–Kier alpha value is -1.92. The molecule has 130 valence electrons. The minimum Gasteiger partial charge on any atom is -0.489 e. The Kier molecular flexibility index (Phi) is 6.04. The summed E-state index contributed by atoms with van der Waals surface area (Å²) in [5, 5.41) is 3.49. The third-order valence-corrected chi connectivity index (χ3v) is 5.47. The molecule has 0 fully saturated rings. The largest absolute Gasteiger partial charge is 0.489 e. The third kappa shape index (κ3) is 4.80. The highest BCUT2D eigenvalue weighted by Gasteiger charge is 2.15. The molecule has 4 nitrogen and oxygen atoms in total. The highest BCUT2D eigenvalue weighted by atomic mass is 79.9. The van der Waals surface area contributed by atoms with Gasteiger partial charge in [0.1, 0.15) is 12.4 Å². The summed E-state index contributed by atoms with van der Waals surface area (Å²) >= 11 is 4.86. The molecule has 0 saturated heterocycles. The van der Waals surface area contributed by atoms with Crippen LogP contribution in [0.1, 0.15) is 25.3 Å². The number of halogens is 1. The first-order valence-corrected chi connectivity index (χ1v) is 9.91. The Morgan fingerprint density at radius 2 is 2.08 bits per heavy atom. The van der Waals surface area contributed by atoms with Crippen molar-refractivity contribution in [2.24, 2.45) is 0 Å². The first-order chi connectivity index (χ1) is 12.2. The van der Waals surface area contributed by atoms with Gasteiger partial charge in [0.15, 0.2) is 5.13 Å². The van der Waals surface area contributed by atoms with Crippen molar-refractivity contribution in [1.82, 2.24) is 4.98 Å². The number of rotatable bonds is 7. The van der Waals surface area contributed by atoms with E-state index in [1.165, 1.54) is 11.3 Å². The molecule has 2 aromatic carbocycles. The van der Waals surface area contributed by atoms with Gasteiger partial charge in [0.25, 0.3) is 0 Å². The number of ether oxygens (including phenoxy) is 1. The fraction of sp³-hybridized carbons (Fsp3) is 0.263. The molecule has 25 heavy (non-hydrogen) atoms. The van der Waals surface area contributed by atoms with Crippen LogP contribution in [0.15, 0.2) is 48.5 Å². The van der Waals surface area contributed by atoms with Gasteiger partial charge < -0.3 is 10.1 Å². The average molecular weight is 419 g/mol. The first kappa shape index (κ1) is 17.9. The molecule has 1 amide bonds. The van der Waals surface area contributed by atoms with Crippen LogP contribution in [0.4, 0.5) is 5.13 Å². The predicted molar refractivity (Wildman–Crippen MR) is 107 cm³/mol. The molecule has 1 unspecified atom stereocenters. The highest BCUT2D eigenvalue weighted by Crippen LogP contribution is 2.30. The molecule has 0 bridgehead atoms. The van der Waals surface area contributed by atoms with Gasteiger partial charge in [-0.25, -0.2) is 4.98 Å². The van der Waals surface area contributed by atoms with Crippen LogP contribution in [0.3, 0.4) is 0 Å². The van der Waals surface area contributed by atoms with Crippen LogP contribution in [0.2, 0.25) is 0 Å². The maximum Gasteiger partial charge on any atom is 0.239 e. The second-order valence-electron chi connectivity index (χ2n) is 5.67. The second kappa shape index (κ2) is 8.45. The summed E-state index contributed by atoms with van der Waals surface area (Å²) in [6.07, 6.45) is 1.75. The average Bonchev–Trinajstić information content (AvgIpc) is 3.02. The number of nitrogens with zero attached hydrogens (tertiary/aromatic N) is 1. The number of alkyl halides is 1. The molecule has 1 aromatic heterocycles. The van der Waals surface area contributed by atoms with Crippen molar-refractivity contribution in [3.8, 4) is 5.75 Å². The Morgan fingerprint density at radius 3 is 2.84 bits per heavy atom. The Morgan fingerprint density at radius 1 is 1.28 bits per heavy atom. The van der Waals surface area contributed by atoms with Gasteiger partial charge in [0.2, 0.25) is 5.91 Å². The van der Waals surface area contributed by atoms with E-state index in [1.807, 2.05) is 48.5 Å². The zero-order valence-corrected chi connectivity index (χ0v) is 16.3. The second-order valence-corrected chi connectivity index (χ2v) is 7.80. The van der Waals surface area contributed by atoms with E-state index in [-0.39, 0.29) is 10.7 Å². The van der Waals surface area contributed by atoms with Gasteiger partial charge in [-0.15, -0.1) is 0 Å². The molecule has 0 saturated carbocycles. The SMILES string of the molecule is CCCC(Br)C(=O)Nc1nc2ccc(OCc3ccccc3)cc2s1. The molecule has 0 radical (unpaired) electrons. The summed E-state index contributed by atoms with van der Waals surface area (Å²) in [5.41, 5.74) is 1.98. The topological polar surface area (TPSA) is 51.2 Å². The zero-order chi connectivity index (χ0) is 17.6. The number of aromatic nitrogens is 1. The first-order valence-electron chi connectivity index (χ1n) is 8.18. The number of hydrogen-bond donors (Lipinski definition) is 1. The van der Waals surface area contributed by atoms with E-state index >= 15 is 0 Å². The van der Waals surface area contributed by atoms with Crippen molar-refractivity contribution in [2.75, 3.05) is 5.32 Å². The molecule has 1 heterocycles. The fourth-order valence-electron chi connectivity index (χ4n) is 2.36. The van der Waals surface area contributed by atoms with E-state index in [0.717, 1.165) is 34.4 Å². The number of benzene rings is 2. The van der Waals surface area contributed by atoms with Gasteiger partial charge in [-0.1, -0.05) is 70.9 Å². The summed E-state index contributed by atoms with van der Waals surface area (Å²) in [7, 11) is 0. The van der Waals surface area contributed by atoms with Crippen molar-refractivity contribution in [2.45, 2.75) is 31.2 Å². The summed E-state index contributed by atoms with van der Waals surface area (Å²) in [5.74, 6) is 0.740. The minimum atomic E-state index is -0.186. The number of hydrogen-bond acceptors (Lipinski definition) is 4. The maximum atomic E-state index is 12.1. The van der Waals surface area contributed by atoms with Gasteiger partial charge in [-0.05, 0) is 30.2 Å². The normalized spacial score (nSPS) is 12.1. The number of anilines is 1. The molecule has 1 atom stereocenters. The van der Waals surface area contributed by atoms with Gasteiger partial charge in [-0.2, -0.15) is 0 Å². The summed E-state index contributed by atoms with van der Waals surface area (Å²) in [4.78, 5) is 16.4. The Labute approximate surface area is 159 Å². The summed E-state index contributed by atoms with van der Waals surface area (Å²) in [6, 6.07) is 15.8. The predicted octanol–water partition coefficient (Wildman–Crippen LogP) is 5.38. The van der Waals surface area contributed by atoms with Crippen LogP contribution < -0.4 is 10.1 Å². The van der Waals surface area contributed by atoms with Gasteiger partial charge in [0.05, 0.1) is 15.0 Å². The zero-order valence-electron chi connectivity index (χ0n) is 13.9. The number of nitrogens with one attached hydrogen (secondary N) is 1. The number of amides is 1. The monoisotopic (exact) mass is 418 g/mol. The lowest BCUT2D eigenvalue weighted by atomic mass is 10.2. The molecule has 0 aliphatic carbocycles. The lowest BCUT2D eigenvalue weighted by Crippen LogP contribution is -2.22. The maximum absolute atomic E-state index is 12.1. The van der Waals surface area contributed by atoms with Crippen molar-refractivity contribution in [3.05, 3.63) is 54.1 Å². The number of carbonyl (C=O) groups excluding carboxylic acids is 1. The lowest BCUT2D eigenvalue weighted by molar-refractivity contribution is -0.115. The third-order valence-electron chi connectivity index (χ3n) is 3.66. The van der Waals surface area contributed by atoms with Gasteiger partial charge in [-0.3, -0.25) is 4.79 Å². The van der Waals surface area contributed by atoms with E-state index in [9.17, 15) is 4.79 Å². The fourth-order valence-corrected chi connectivity index (χ4v) is 3.83. The molecule has 0 aliphatic rings. The van der Waals surface area contributed by atoms with Crippen molar-refractivity contribution in [1.29, 1.82) is 0 Å². The summed E-state index contributed by atoms with van der Waals surface area (Å²) < 4.78 is 6.83. The summed E-state index contributed by atoms with van der Waals surface area (Å²) in [6.45, 7) is 2.58. The highest BCUT2D eigenvalue weighted by molar-refractivity contribution is 9.10. The molecule has 1 N–H and O–H groups in total. The van der Waals surface area contributed by atoms with Gasteiger partial charge in [0, 0.05) is 0 Å². The van der Waals surface area contributed by atoms with E-state index < -0.39 is 0 Å². The molecular weight excluding hydrogens is 400 g/mol. The van der Waals surface area contributed by atoms with Crippen LogP contribution in [0, 0.1) is 0 Å².